The van der Waals surface area contributed by atoms with Gasteiger partial charge in [-0.2, -0.15) is 0 Å². The van der Waals surface area contributed by atoms with E-state index < -0.39 is 10.0 Å². The summed E-state index contributed by atoms with van der Waals surface area (Å²) < 4.78 is 37.6. The fraction of sp³-hybridized carbons (Fsp3) is 0.600. The van der Waals surface area contributed by atoms with E-state index in [2.05, 4.69) is 14.9 Å². The molecule has 0 aliphatic carbocycles. The van der Waals surface area contributed by atoms with Crippen molar-refractivity contribution in [1.82, 2.24) is 14.9 Å². The third-order valence-electron chi connectivity index (χ3n) is 3.79. The smallest absolute Gasteiger partial charge is 0.240 e. The zero-order chi connectivity index (χ0) is 16.7. The Balaban J connectivity index is 1.90. The summed E-state index contributed by atoms with van der Waals surface area (Å²) in [4.78, 5) is 2.48. The number of sulfonamides is 1. The standard InChI is InChI=1S/C15H25N3O4S/c1-21-13-10-14(22-2)12-15(11-13)23(19,20)17-4-3-7-18-8-5-16-6-9-18/h10-12,16-17H,3-9H2,1-2H3. The Kier molecular flexibility index (Phi) is 6.64. The molecule has 0 atom stereocenters. The lowest BCUT2D eigenvalue weighted by Crippen LogP contribution is -2.44. The van der Waals surface area contributed by atoms with Gasteiger partial charge < -0.3 is 19.7 Å². The van der Waals surface area contributed by atoms with E-state index in [0.29, 0.717) is 18.0 Å². The van der Waals surface area contributed by atoms with Crippen molar-refractivity contribution < 1.29 is 17.9 Å². The monoisotopic (exact) mass is 343 g/mol. The van der Waals surface area contributed by atoms with Gasteiger partial charge in [0.2, 0.25) is 10.0 Å². The predicted molar refractivity (Wildman–Crippen MR) is 88.7 cm³/mol. The van der Waals surface area contributed by atoms with Crippen molar-refractivity contribution in [3.63, 3.8) is 0 Å². The fourth-order valence-electron chi connectivity index (χ4n) is 2.46. The maximum atomic E-state index is 12.4. The molecule has 23 heavy (non-hydrogen) atoms. The molecule has 1 aliphatic rings. The molecule has 0 aromatic heterocycles. The van der Waals surface area contributed by atoms with Crippen molar-refractivity contribution in [2.45, 2.75) is 11.3 Å². The summed E-state index contributed by atoms with van der Waals surface area (Å²) in [6, 6.07) is 4.62. The summed E-state index contributed by atoms with van der Waals surface area (Å²) >= 11 is 0. The summed E-state index contributed by atoms with van der Waals surface area (Å²) in [5, 5.41) is 3.30. The number of nitrogens with one attached hydrogen (secondary N) is 2. The van der Waals surface area contributed by atoms with Crippen LogP contribution in [-0.4, -0.2) is 66.8 Å². The van der Waals surface area contributed by atoms with E-state index >= 15 is 0 Å². The normalized spacial score (nSPS) is 16.3. The van der Waals surface area contributed by atoms with Crippen LogP contribution in [0.2, 0.25) is 0 Å². The predicted octanol–water partition coefficient (Wildman–Crippen LogP) is 0.277. The molecule has 0 saturated carbocycles. The summed E-state index contributed by atoms with van der Waals surface area (Å²) in [5.41, 5.74) is 0. The van der Waals surface area contributed by atoms with E-state index in [1.54, 1.807) is 6.07 Å². The van der Waals surface area contributed by atoms with Crippen molar-refractivity contribution in [3.8, 4) is 11.5 Å². The molecule has 1 fully saturated rings. The molecule has 0 unspecified atom stereocenters. The molecule has 0 amide bonds. The van der Waals surface area contributed by atoms with Crippen LogP contribution in [0.5, 0.6) is 11.5 Å². The van der Waals surface area contributed by atoms with Crippen LogP contribution in [0.15, 0.2) is 23.1 Å². The molecule has 8 heteroatoms. The molecule has 2 rings (SSSR count). The third kappa shape index (κ3) is 5.35. The van der Waals surface area contributed by atoms with Gasteiger partial charge in [-0.15, -0.1) is 0 Å². The highest BCUT2D eigenvalue weighted by molar-refractivity contribution is 7.89. The van der Waals surface area contributed by atoms with E-state index in [9.17, 15) is 8.42 Å². The summed E-state index contributed by atoms with van der Waals surface area (Å²) in [6.07, 6.45) is 0.778. The summed E-state index contributed by atoms with van der Waals surface area (Å²) in [5.74, 6) is 0.899. The highest BCUT2D eigenvalue weighted by atomic mass is 32.2. The van der Waals surface area contributed by atoms with Crippen LogP contribution in [0.4, 0.5) is 0 Å². The maximum absolute atomic E-state index is 12.4. The number of rotatable bonds is 8. The Morgan fingerprint density at radius 2 is 1.74 bits per heavy atom. The van der Waals surface area contributed by atoms with Crippen LogP contribution in [-0.2, 0) is 10.0 Å². The second-order valence-corrected chi connectivity index (χ2v) is 7.16. The zero-order valence-electron chi connectivity index (χ0n) is 13.7. The Morgan fingerprint density at radius 1 is 1.13 bits per heavy atom. The van der Waals surface area contributed by atoms with Gasteiger partial charge in [0, 0.05) is 50.9 Å². The van der Waals surface area contributed by atoms with E-state index in [1.807, 2.05) is 0 Å². The van der Waals surface area contributed by atoms with Crippen LogP contribution in [0.1, 0.15) is 6.42 Å². The first-order valence-corrected chi connectivity index (χ1v) is 9.19. The Hall–Kier alpha value is -1.35. The highest BCUT2D eigenvalue weighted by Gasteiger charge is 2.17. The van der Waals surface area contributed by atoms with E-state index in [-0.39, 0.29) is 4.90 Å². The highest BCUT2D eigenvalue weighted by Crippen LogP contribution is 2.25. The maximum Gasteiger partial charge on any atom is 0.240 e. The van der Waals surface area contributed by atoms with Crippen molar-refractivity contribution in [1.29, 1.82) is 0 Å². The molecule has 130 valence electrons. The van der Waals surface area contributed by atoms with Crippen molar-refractivity contribution in [2.24, 2.45) is 0 Å². The van der Waals surface area contributed by atoms with Crippen molar-refractivity contribution in [3.05, 3.63) is 18.2 Å². The molecule has 0 bridgehead atoms. The molecule has 1 heterocycles. The molecule has 2 N–H and O–H groups in total. The number of hydrogen-bond donors (Lipinski definition) is 2. The summed E-state index contributed by atoms with van der Waals surface area (Å²) in [7, 11) is -0.585. The molecular weight excluding hydrogens is 318 g/mol. The number of piperazine rings is 1. The minimum atomic E-state index is -3.57. The number of nitrogens with zero attached hydrogens (tertiary/aromatic N) is 1. The number of hydrogen-bond acceptors (Lipinski definition) is 6. The second-order valence-electron chi connectivity index (χ2n) is 5.39. The minimum absolute atomic E-state index is 0.149. The van der Waals surface area contributed by atoms with E-state index in [1.165, 1.54) is 26.4 Å². The van der Waals surface area contributed by atoms with Gasteiger partial charge in [0.25, 0.3) is 0 Å². The molecule has 1 saturated heterocycles. The topological polar surface area (TPSA) is 79.9 Å². The van der Waals surface area contributed by atoms with Gasteiger partial charge >= 0.3 is 0 Å². The van der Waals surface area contributed by atoms with Gasteiger partial charge in [0.05, 0.1) is 19.1 Å². The second kappa shape index (κ2) is 8.49. The average Bonchev–Trinajstić information content (AvgIpc) is 2.59. The number of methoxy groups -OCH3 is 2. The molecule has 1 aliphatic heterocycles. The SMILES string of the molecule is COc1cc(OC)cc(S(=O)(=O)NCCCN2CCNCC2)c1. The summed E-state index contributed by atoms with van der Waals surface area (Å²) in [6.45, 7) is 5.32. The van der Waals surface area contributed by atoms with E-state index in [0.717, 1.165) is 39.1 Å². The molecule has 0 radical (unpaired) electrons. The third-order valence-corrected chi connectivity index (χ3v) is 5.23. The van der Waals surface area contributed by atoms with E-state index in [4.69, 9.17) is 9.47 Å². The van der Waals surface area contributed by atoms with Gasteiger partial charge in [0.15, 0.2) is 0 Å². The van der Waals surface area contributed by atoms with Crippen LogP contribution in [0.3, 0.4) is 0 Å². The van der Waals surface area contributed by atoms with Crippen molar-refractivity contribution >= 4 is 10.0 Å². The van der Waals surface area contributed by atoms with Gasteiger partial charge in [-0.25, -0.2) is 13.1 Å². The van der Waals surface area contributed by atoms with Gasteiger partial charge in [0.1, 0.15) is 11.5 Å². The fourth-order valence-corrected chi connectivity index (χ4v) is 3.59. The molecular formula is C15H25N3O4S. The molecule has 1 aromatic carbocycles. The Labute approximate surface area is 138 Å². The van der Waals surface area contributed by atoms with Crippen LogP contribution in [0.25, 0.3) is 0 Å². The quantitative estimate of drug-likeness (QED) is 0.660. The first-order valence-electron chi connectivity index (χ1n) is 7.71. The first kappa shape index (κ1) is 18.0. The van der Waals surface area contributed by atoms with Crippen LogP contribution < -0.4 is 19.5 Å². The first-order chi connectivity index (χ1) is 11.0. The zero-order valence-corrected chi connectivity index (χ0v) is 14.5. The van der Waals surface area contributed by atoms with Crippen molar-refractivity contribution in [2.75, 3.05) is 53.5 Å². The average molecular weight is 343 g/mol. The molecule has 0 spiro atoms. The van der Waals surface area contributed by atoms with Crippen LogP contribution in [0, 0.1) is 0 Å². The Morgan fingerprint density at radius 3 is 2.30 bits per heavy atom. The number of benzene rings is 1. The molecule has 1 aromatic rings. The lowest BCUT2D eigenvalue weighted by atomic mass is 10.3. The van der Waals surface area contributed by atoms with Crippen LogP contribution >= 0.6 is 0 Å². The largest absolute Gasteiger partial charge is 0.497 e. The minimum Gasteiger partial charge on any atom is -0.497 e. The number of ether oxygens (including phenoxy) is 2. The van der Waals surface area contributed by atoms with Gasteiger partial charge in [-0.05, 0) is 13.0 Å². The van der Waals surface area contributed by atoms with Gasteiger partial charge in [-0.3, -0.25) is 0 Å². The Bertz CT molecular complexity index is 578. The van der Waals surface area contributed by atoms with Gasteiger partial charge in [-0.1, -0.05) is 0 Å². The molecule has 7 nitrogen and oxygen atoms in total. The lowest BCUT2D eigenvalue weighted by Gasteiger charge is -2.27. The lowest BCUT2D eigenvalue weighted by molar-refractivity contribution is 0.239.